The highest BCUT2D eigenvalue weighted by Gasteiger charge is 2.21. The molecule has 1 aromatic rings. The van der Waals surface area contributed by atoms with Gasteiger partial charge in [0.2, 0.25) is 0 Å². The number of rotatable bonds is 5. The summed E-state index contributed by atoms with van der Waals surface area (Å²) in [7, 11) is 0. The highest BCUT2D eigenvalue weighted by atomic mass is 79.9. The third-order valence-corrected chi connectivity index (χ3v) is 3.19. The van der Waals surface area contributed by atoms with Gasteiger partial charge in [-0.15, -0.1) is 0 Å². The molecule has 1 N–H and O–H groups in total. The van der Waals surface area contributed by atoms with Crippen LogP contribution in [0.2, 0.25) is 0 Å². The molecule has 16 heavy (non-hydrogen) atoms. The van der Waals surface area contributed by atoms with Crippen LogP contribution >= 0.6 is 15.9 Å². The molecule has 0 bridgehead atoms. The summed E-state index contributed by atoms with van der Waals surface area (Å²) in [5.41, 5.74) is 1.23. The lowest BCUT2D eigenvalue weighted by molar-refractivity contribution is 0.238. The lowest BCUT2D eigenvalue weighted by atomic mass is 10.2. The molecule has 0 aliphatic heterocycles. The molecular formula is C13H18BrNO. The Kier molecular flexibility index (Phi) is 3.87. The minimum Gasteiger partial charge on any atom is -0.489 e. The van der Waals surface area contributed by atoms with E-state index in [-0.39, 0.29) is 6.10 Å². The van der Waals surface area contributed by atoms with E-state index in [1.165, 1.54) is 18.4 Å². The van der Waals surface area contributed by atoms with E-state index >= 15 is 0 Å². The smallest absolute Gasteiger partial charge is 0.138 e. The third kappa shape index (κ3) is 3.22. The molecule has 1 aliphatic rings. The summed E-state index contributed by atoms with van der Waals surface area (Å²) in [6, 6.07) is 6.93. The van der Waals surface area contributed by atoms with E-state index in [0.29, 0.717) is 0 Å². The van der Waals surface area contributed by atoms with Crippen molar-refractivity contribution in [2.75, 3.05) is 0 Å². The molecule has 1 saturated carbocycles. The first kappa shape index (κ1) is 11.9. The van der Waals surface area contributed by atoms with Crippen molar-refractivity contribution >= 4 is 15.9 Å². The first-order valence-electron chi connectivity index (χ1n) is 5.84. The van der Waals surface area contributed by atoms with Gasteiger partial charge < -0.3 is 10.1 Å². The zero-order chi connectivity index (χ0) is 11.5. The molecule has 2 nitrogen and oxygen atoms in total. The van der Waals surface area contributed by atoms with Gasteiger partial charge in [-0.2, -0.15) is 0 Å². The van der Waals surface area contributed by atoms with Gasteiger partial charge in [0, 0.05) is 18.2 Å². The molecule has 0 spiro atoms. The molecule has 3 heteroatoms. The molecule has 0 heterocycles. The molecule has 1 aliphatic carbocycles. The lowest BCUT2D eigenvalue weighted by Crippen LogP contribution is -2.17. The van der Waals surface area contributed by atoms with Crippen molar-refractivity contribution in [1.29, 1.82) is 0 Å². The van der Waals surface area contributed by atoms with Crippen LogP contribution in [0.4, 0.5) is 0 Å². The highest BCUT2D eigenvalue weighted by Crippen LogP contribution is 2.30. The fourth-order valence-electron chi connectivity index (χ4n) is 1.60. The minimum absolute atomic E-state index is 0.207. The summed E-state index contributed by atoms with van der Waals surface area (Å²) in [6.45, 7) is 5.00. The van der Waals surface area contributed by atoms with Crippen LogP contribution in [0.3, 0.4) is 0 Å². The van der Waals surface area contributed by atoms with Crippen molar-refractivity contribution in [3.8, 4) is 5.75 Å². The van der Waals surface area contributed by atoms with E-state index < -0.39 is 0 Å². The fourth-order valence-corrected chi connectivity index (χ4v) is 2.10. The van der Waals surface area contributed by atoms with E-state index in [1.807, 2.05) is 6.07 Å². The van der Waals surface area contributed by atoms with Crippen LogP contribution in [-0.2, 0) is 6.54 Å². The van der Waals surface area contributed by atoms with E-state index in [1.54, 1.807) is 0 Å². The summed E-state index contributed by atoms with van der Waals surface area (Å²) >= 11 is 3.55. The lowest BCUT2D eigenvalue weighted by Gasteiger charge is -2.16. The molecule has 88 valence electrons. The Hall–Kier alpha value is -0.540. The van der Waals surface area contributed by atoms with Crippen molar-refractivity contribution in [3.05, 3.63) is 28.2 Å². The van der Waals surface area contributed by atoms with Crippen LogP contribution < -0.4 is 10.1 Å². The summed E-state index contributed by atoms with van der Waals surface area (Å²) in [6.07, 6.45) is 2.83. The average Bonchev–Trinajstić information content (AvgIpc) is 3.02. The van der Waals surface area contributed by atoms with Crippen LogP contribution in [0, 0.1) is 0 Å². The monoisotopic (exact) mass is 283 g/mol. The summed E-state index contributed by atoms with van der Waals surface area (Å²) < 4.78 is 6.88. The highest BCUT2D eigenvalue weighted by molar-refractivity contribution is 9.10. The van der Waals surface area contributed by atoms with Gasteiger partial charge in [0.25, 0.3) is 0 Å². The number of ether oxygens (including phenoxy) is 1. The Morgan fingerprint density at radius 1 is 1.44 bits per heavy atom. The molecule has 0 amide bonds. The predicted octanol–water partition coefficient (Wildman–Crippen LogP) is 3.49. The first-order chi connectivity index (χ1) is 7.66. The van der Waals surface area contributed by atoms with Crippen molar-refractivity contribution in [3.63, 3.8) is 0 Å². The van der Waals surface area contributed by atoms with E-state index in [0.717, 1.165) is 22.8 Å². The van der Waals surface area contributed by atoms with E-state index in [9.17, 15) is 0 Å². The normalized spacial score (nSPS) is 15.5. The Balaban J connectivity index is 2.10. The Morgan fingerprint density at radius 3 is 2.81 bits per heavy atom. The van der Waals surface area contributed by atoms with Gasteiger partial charge in [-0.1, -0.05) is 12.1 Å². The number of halogens is 1. The Labute approximate surface area is 106 Å². The van der Waals surface area contributed by atoms with Crippen LogP contribution in [-0.4, -0.2) is 12.1 Å². The Bertz CT molecular complexity index is 361. The predicted molar refractivity (Wildman–Crippen MR) is 69.8 cm³/mol. The molecular weight excluding hydrogens is 266 g/mol. The van der Waals surface area contributed by atoms with Gasteiger partial charge in [0.1, 0.15) is 5.75 Å². The Morgan fingerprint density at radius 2 is 2.19 bits per heavy atom. The number of nitrogens with one attached hydrogen (secondary N) is 1. The minimum atomic E-state index is 0.207. The molecule has 0 unspecified atom stereocenters. The summed E-state index contributed by atoms with van der Waals surface area (Å²) in [4.78, 5) is 0. The second-order valence-corrected chi connectivity index (χ2v) is 5.40. The van der Waals surface area contributed by atoms with Gasteiger partial charge in [-0.05, 0) is 48.7 Å². The third-order valence-electron chi connectivity index (χ3n) is 2.56. The largest absolute Gasteiger partial charge is 0.489 e. The first-order valence-corrected chi connectivity index (χ1v) is 6.63. The maximum Gasteiger partial charge on any atom is 0.138 e. The van der Waals surface area contributed by atoms with Crippen LogP contribution in [0.5, 0.6) is 5.75 Å². The number of para-hydroxylation sites is 1. The molecule has 1 aromatic carbocycles. The average molecular weight is 284 g/mol. The topological polar surface area (TPSA) is 21.3 Å². The van der Waals surface area contributed by atoms with Gasteiger partial charge in [-0.3, -0.25) is 0 Å². The van der Waals surface area contributed by atoms with Crippen molar-refractivity contribution in [2.45, 2.75) is 45.4 Å². The van der Waals surface area contributed by atoms with Gasteiger partial charge in [0.15, 0.2) is 0 Å². The van der Waals surface area contributed by atoms with E-state index in [2.05, 4.69) is 47.2 Å². The maximum absolute atomic E-state index is 5.84. The summed E-state index contributed by atoms with van der Waals surface area (Å²) in [5.74, 6) is 0.977. The standard InChI is InChI=1S/C13H18BrNO/c1-9(2)16-13-10(4-3-5-12(13)14)8-15-11-6-7-11/h3-5,9,11,15H,6-8H2,1-2H3. The zero-order valence-electron chi connectivity index (χ0n) is 9.79. The number of hydrogen-bond donors (Lipinski definition) is 1. The van der Waals surface area contributed by atoms with Gasteiger partial charge >= 0.3 is 0 Å². The second kappa shape index (κ2) is 5.19. The van der Waals surface area contributed by atoms with Crippen LogP contribution in [0.15, 0.2) is 22.7 Å². The molecule has 2 rings (SSSR count). The van der Waals surface area contributed by atoms with Gasteiger partial charge in [-0.25, -0.2) is 0 Å². The molecule has 0 atom stereocenters. The number of hydrogen-bond acceptors (Lipinski definition) is 2. The molecule has 1 fully saturated rings. The second-order valence-electron chi connectivity index (χ2n) is 4.55. The number of benzene rings is 1. The SMILES string of the molecule is CC(C)Oc1c(Br)cccc1CNC1CC1. The van der Waals surface area contributed by atoms with E-state index in [4.69, 9.17) is 4.74 Å². The van der Waals surface area contributed by atoms with Crippen LogP contribution in [0.1, 0.15) is 32.3 Å². The fraction of sp³-hybridized carbons (Fsp3) is 0.538. The summed E-state index contributed by atoms with van der Waals surface area (Å²) in [5, 5.41) is 3.51. The van der Waals surface area contributed by atoms with Gasteiger partial charge in [0.05, 0.1) is 10.6 Å². The van der Waals surface area contributed by atoms with Crippen LogP contribution in [0.25, 0.3) is 0 Å². The van der Waals surface area contributed by atoms with Crippen molar-refractivity contribution in [1.82, 2.24) is 5.32 Å². The van der Waals surface area contributed by atoms with Crippen molar-refractivity contribution < 1.29 is 4.74 Å². The quantitative estimate of drug-likeness (QED) is 0.893. The maximum atomic E-state index is 5.84. The zero-order valence-corrected chi connectivity index (χ0v) is 11.4. The molecule has 0 saturated heterocycles. The molecule has 0 radical (unpaired) electrons. The molecule has 0 aromatic heterocycles. The van der Waals surface area contributed by atoms with Crippen molar-refractivity contribution in [2.24, 2.45) is 0 Å².